The molecule has 0 spiro atoms. The number of carbonyl (C=O) groups is 2. The smallest absolute Gasteiger partial charge is 0.255 e. The first-order chi connectivity index (χ1) is 11.5. The Bertz CT molecular complexity index is 749. The molecular formula is C17H18N2O4S. The van der Waals surface area contributed by atoms with Crippen molar-refractivity contribution in [1.82, 2.24) is 0 Å². The number of hydrogen-bond donors (Lipinski definition) is 2. The van der Waals surface area contributed by atoms with Gasteiger partial charge in [0.05, 0.1) is 7.11 Å². The highest BCUT2D eigenvalue weighted by atomic mass is 32.2. The summed E-state index contributed by atoms with van der Waals surface area (Å²) in [5.41, 5.74) is 6.17. The number of hydrogen-bond acceptors (Lipinski definition) is 5. The van der Waals surface area contributed by atoms with E-state index in [-0.39, 0.29) is 12.5 Å². The molecule has 24 heavy (non-hydrogen) atoms. The van der Waals surface area contributed by atoms with Crippen LogP contribution in [0.25, 0.3) is 0 Å². The lowest BCUT2D eigenvalue weighted by atomic mass is 10.2. The summed E-state index contributed by atoms with van der Waals surface area (Å²) < 4.78 is 10.4. The van der Waals surface area contributed by atoms with Gasteiger partial charge < -0.3 is 20.5 Å². The van der Waals surface area contributed by atoms with Crippen molar-refractivity contribution >= 4 is 29.3 Å². The molecule has 126 valence electrons. The summed E-state index contributed by atoms with van der Waals surface area (Å²) in [7, 11) is 1.45. The number of methoxy groups -OCH3 is 1. The van der Waals surface area contributed by atoms with E-state index in [0.29, 0.717) is 22.7 Å². The molecule has 6 nitrogen and oxygen atoms in total. The second-order valence-electron chi connectivity index (χ2n) is 4.81. The molecule has 0 fully saturated rings. The predicted octanol–water partition coefficient (Wildman–Crippen LogP) is 2.53. The maximum absolute atomic E-state index is 12.4. The summed E-state index contributed by atoms with van der Waals surface area (Å²) in [6.07, 6.45) is 1.97. The number of primary amides is 1. The van der Waals surface area contributed by atoms with Crippen LogP contribution in [0.5, 0.6) is 11.5 Å². The predicted molar refractivity (Wildman–Crippen MR) is 93.9 cm³/mol. The highest BCUT2D eigenvalue weighted by Crippen LogP contribution is 2.28. The molecular weight excluding hydrogens is 328 g/mol. The highest BCUT2D eigenvalue weighted by Gasteiger charge is 2.12. The Labute approximate surface area is 144 Å². The van der Waals surface area contributed by atoms with Gasteiger partial charge in [0.15, 0.2) is 18.1 Å². The minimum atomic E-state index is -0.590. The summed E-state index contributed by atoms with van der Waals surface area (Å²) in [5, 5.41) is 2.83. The van der Waals surface area contributed by atoms with Gasteiger partial charge in [0, 0.05) is 16.1 Å². The van der Waals surface area contributed by atoms with Crippen molar-refractivity contribution in [1.29, 1.82) is 0 Å². The Balaban J connectivity index is 2.15. The lowest BCUT2D eigenvalue weighted by Crippen LogP contribution is -2.20. The van der Waals surface area contributed by atoms with E-state index in [2.05, 4.69) is 5.32 Å². The fourth-order valence-corrected chi connectivity index (χ4v) is 2.44. The van der Waals surface area contributed by atoms with Crippen LogP contribution in [-0.2, 0) is 4.79 Å². The normalized spacial score (nSPS) is 10.1. The number of thioether (sulfide) groups is 1. The van der Waals surface area contributed by atoms with E-state index in [4.69, 9.17) is 15.2 Å². The topological polar surface area (TPSA) is 90.7 Å². The van der Waals surface area contributed by atoms with Crippen molar-refractivity contribution in [3.63, 3.8) is 0 Å². The average Bonchev–Trinajstić information content (AvgIpc) is 2.59. The van der Waals surface area contributed by atoms with E-state index in [1.165, 1.54) is 7.11 Å². The third-order valence-electron chi connectivity index (χ3n) is 3.12. The molecule has 0 aliphatic heterocycles. The zero-order valence-corrected chi connectivity index (χ0v) is 14.2. The van der Waals surface area contributed by atoms with Crippen LogP contribution in [0.1, 0.15) is 10.4 Å². The fraction of sp³-hybridized carbons (Fsp3) is 0.176. The van der Waals surface area contributed by atoms with Gasteiger partial charge in [-0.05, 0) is 42.7 Å². The summed E-state index contributed by atoms with van der Waals surface area (Å²) in [4.78, 5) is 24.2. The SMILES string of the molecule is COc1cc(C(=O)Nc2cccc(SC)c2)ccc1OCC(N)=O. The van der Waals surface area contributed by atoms with Crippen LogP contribution >= 0.6 is 11.8 Å². The van der Waals surface area contributed by atoms with Gasteiger partial charge in [-0.15, -0.1) is 11.8 Å². The lowest BCUT2D eigenvalue weighted by molar-refractivity contribution is -0.119. The minimum absolute atomic E-state index is 0.261. The van der Waals surface area contributed by atoms with Crippen molar-refractivity contribution in [2.24, 2.45) is 5.73 Å². The second-order valence-corrected chi connectivity index (χ2v) is 5.69. The van der Waals surface area contributed by atoms with Crippen molar-refractivity contribution < 1.29 is 19.1 Å². The molecule has 0 aromatic heterocycles. The van der Waals surface area contributed by atoms with Crippen LogP contribution < -0.4 is 20.5 Å². The summed E-state index contributed by atoms with van der Waals surface area (Å²) >= 11 is 1.60. The number of anilines is 1. The number of benzene rings is 2. The van der Waals surface area contributed by atoms with E-state index in [0.717, 1.165) is 4.90 Å². The van der Waals surface area contributed by atoms with Gasteiger partial charge in [-0.25, -0.2) is 0 Å². The molecule has 2 aromatic rings. The van der Waals surface area contributed by atoms with Gasteiger partial charge in [0.2, 0.25) is 0 Å². The van der Waals surface area contributed by atoms with Crippen molar-refractivity contribution in [2.45, 2.75) is 4.90 Å². The summed E-state index contributed by atoms with van der Waals surface area (Å²) in [6.45, 7) is -0.261. The largest absolute Gasteiger partial charge is 0.493 e. The number of ether oxygens (including phenoxy) is 2. The molecule has 0 bridgehead atoms. The molecule has 3 N–H and O–H groups in total. The second kappa shape index (κ2) is 8.26. The highest BCUT2D eigenvalue weighted by molar-refractivity contribution is 7.98. The monoisotopic (exact) mass is 346 g/mol. The van der Waals surface area contributed by atoms with Crippen molar-refractivity contribution in [3.05, 3.63) is 48.0 Å². The molecule has 0 aliphatic carbocycles. The van der Waals surface area contributed by atoms with E-state index in [1.54, 1.807) is 30.0 Å². The number of nitrogens with one attached hydrogen (secondary N) is 1. The van der Waals surface area contributed by atoms with Gasteiger partial charge in [-0.1, -0.05) is 6.07 Å². The molecule has 2 aromatic carbocycles. The Morgan fingerprint density at radius 3 is 2.62 bits per heavy atom. The van der Waals surface area contributed by atoms with Gasteiger partial charge >= 0.3 is 0 Å². The molecule has 0 radical (unpaired) electrons. The molecule has 0 unspecified atom stereocenters. The Morgan fingerprint density at radius 1 is 1.17 bits per heavy atom. The van der Waals surface area contributed by atoms with E-state index in [1.807, 2.05) is 30.5 Å². The number of rotatable bonds is 7. The molecule has 0 aliphatic rings. The van der Waals surface area contributed by atoms with Crippen LogP contribution in [0.2, 0.25) is 0 Å². The fourth-order valence-electron chi connectivity index (χ4n) is 1.98. The van der Waals surface area contributed by atoms with Crippen LogP contribution in [0.3, 0.4) is 0 Å². The summed E-state index contributed by atoms with van der Waals surface area (Å²) in [6, 6.07) is 12.3. The molecule has 0 saturated carbocycles. The zero-order valence-electron chi connectivity index (χ0n) is 13.4. The molecule has 7 heteroatoms. The third kappa shape index (κ3) is 4.66. The summed E-state index contributed by atoms with van der Waals surface area (Å²) in [5.74, 6) is -0.167. The quantitative estimate of drug-likeness (QED) is 0.752. The average molecular weight is 346 g/mol. The Morgan fingerprint density at radius 2 is 1.96 bits per heavy atom. The number of nitrogens with two attached hydrogens (primary N) is 1. The third-order valence-corrected chi connectivity index (χ3v) is 3.85. The van der Waals surface area contributed by atoms with Crippen LogP contribution in [0.4, 0.5) is 5.69 Å². The molecule has 0 saturated heterocycles. The molecule has 0 heterocycles. The van der Waals surface area contributed by atoms with Gasteiger partial charge in [-0.2, -0.15) is 0 Å². The van der Waals surface area contributed by atoms with Gasteiger partial charge in [-0.3, -0.25) is 9.59 Å². The maximum atomic E-state index is 12.4. The maximum Gasteiger partial charge on any atom is 0.255 e. The van der Waals surface area contributed by atoms with Crippen molar-refractivity contribution in [3.8, 4) is 11.5 Å². The number of amides is 2. The molecule has 0 atom stereocenters. The molecule has 2 amide bonds. The Hall–Kier alpha value is -2.67. The van der Waals surface area contributed by atoms with E-state index in [9.17, 15) is 9.59 Å². The lowest BCUT2D eigenvalue weighted by Gasteiger charge is -2.11. The van der Waals surface area contributed by atoms with Crippen LogP contribution in [0.15, 0.2) is 47.4 Å². The van der Waals surface area contributed by atoms with E-state index < -0.39 is 5.91 Å². The van der Waals surface area contributed by atoms with Crippen molar-refractivity contribution in [2.75, 3.05) is 25.3 Å². The van der Waals surface area contributed by atoms with Crippen LogP contribution in [-0.4, -0.2) is 31.8 Å². The molecule has 2 rings (SSSR count). The standard InChI is InChI=1S/C17H18N2O4S/c1-22-15-8-11(6-7-14(15)23-10-16(18)20)17(21)19-12-4-3-5-13(9-12)24-2/h3-9H,10H2,1-2H3,(H2,18,20)(H,19,21). The number of carbonyl (C=O) groups excluding carboxylic acids is 2. The Kier molecular flexibility index (Phi) is 6.08. The van der Waals surface area contributed by atoms with Crippen LogP contribution in [0, 0.1) is 0 Å². The first-order valence-electron chi connectivity index (χ1n) is 7.08. The van der Waals surface area contributed by atoms with E-state index >= 15 is 0 Å². The zero-order chi connectivity index (χ0) is 17.5. The first-order valence-corrected chi connectivity index (χ1v) is 8.30. The first kappa shape index (κ1) is 17.7. The minimum Gasteiger partial charge on any atom is -0.493 e. The van der Waals surface area contributed by atoms with Gasteiger partial charge in [0.25, 0.3) is 11.8 Å². The van der Waals surface area contributed by atoms with Gasteiger partial charge in [0.1, 0.15) is 0 Å².